The summed E-state index contributed by atoms with van der Waals surface area (Å²) < 4.78 is 78.3. The Morgan fingerprint density at radius 2 is 1.27 bits per heavy atom. The molecule has 1 aliphatic carbocycles. The fraction of sp³-hybridized carbons (Fsp3) is 0.846. The van der Waals surface area contributed by atoms with Crippen LogP contribution in [0.5, 0.6) is 0 Å². The Kier molecular flexibility index (Phi) is 4.20. The predicted octanol–water partition coefficient (Wildman–Crippen LogP) is 4.29. The van der Waals surface area contributed by atoms with E-state index in [0.29, 0.717) is 12.8 Å². The quantitative estimate of drug-likeness (QED) is 0.660. The van der Waals surface area contributed by atoms with Crippen molar-refractivity contribution in [3.8, 4) is 0 Å². The molecule has 0 saturated heterocycles. The molecule has 0 spiro atoms. The van der Waals surface area contributed by atoms with Gasteiger partial charge in [-0.05, 0) is 26.7 Å². The Morgan fingerprint density at radius 3 is 1.64 bits per heavy atom. The lowest BCUT2D eigenvalue weighted by Gasteiger charge is -2.42. The lowest BCUT2D eigenvalue weighted by Crippen LogP contribution is -2.60. The predicted molar refractivity (Wildman–Crippen MR) is 69.8 cm³/mol. The van der Waals surface area contributed by atoms with Gasteiger partial charge in [0.2, 0.25) is 0 Å². The van der Waals surface area contributed by atoms with Gasteiger partial charge in [0.05, 0.1) is 0 Å². The van der Waals surface area contributed by atoms with E-state index < -0.39 is 18.0 Å². The highest BCUT2D eigenvalue weighted by molar-refractivity contribution is 6.01. The van der Waals surface area contributed by atoms with Crippen molar-refractivity contribution in [2.45, 2.75) is 70.0 Å². The van der Waals surface area contributed by atoms with E-state index in [1.165, 1.54) is 18.7 Å². The molecule has 1 heterocycles. The summed E-state index contributed by atoms with van der Waals surface area (Å²) in [6.45, 7) is 2.36. The molecule has 0 N–H and O–H groups in total. The third-order valence-corrected chi connectivity index (χ3v) is 4.07. The zero-order chi connectivity index (χ0) is 16.8. The fourth-order valence-corrected chi connectivity index (χ4v) is 3.12. The standard InChI is InChI=1S/C13H17F6N3/c1-8-20-11(12(14,15)16,13(17,18)19)21-9(2)22(8)10-6-4-3-5-7-10/h10H,3-7H2,1-2H3. The average Bonchev–Trinajstić information content (AvgIpc) is 2.36. The number of halogens is 6. The molecule has 22 heavy (non-hydrogen) atoms. The molecule has 0 atom stereocenters. The van der Waals surface area contributed by atoms with Crippen LogP contribution in [0.2, 0.25) is 0 Å². The van der Waals surface area contributed by atoms with Crippen molar-refractivity contribution in [1.29, 1.82) is 0 Å². The molecule has 0 unspecified atom stereocenters. The Labute approximate surface area is 124 Å². The monoisotopic (exact) mass is 329 g/mol. The van der Waals surface area contributed by atoms with Crippen LogP contribution in [0.3, 0.4) is 0 Å². The van der Waals surface area contributed by atoms with Gasteiger partial charge in [0.1, 0.15) is 11.7 Å². The van der Waals surface area contributed by atoms with Crippen molar-refractivity contribution in [2.75, 3.05) is 0 Å². The first-order valence-corrected chi connectivity index (χ1v) is 7.05. The maximum Gasteiger partial charge on any atom is 0.443 e. The maximum atomic E-state index is 13.1. The third-order valence-electron chi connectivity index (χ3n) is 4.07. The van der Waals surface area contributed by atoms with Crippen molar-refractivity contribution in [3.05, 3.63) is 0 Å². The second-order valence-electron chi connectivity index (χ2n) is 5.65. The highest BCUT2D eigenvalue weighted by Gasteiger charge is 2.73. The minimum absolute atomic E-state index is 0.138. The van der Waals surface area contributed by atoms with E-state index in [2.05, 4.69) is 9.98 Å². The molecule has 3 nitrogen and oxygen atoms in total. The van der Waals surface area contributed by atoms with E-state index in [9.17, 15) is 26.3 Å². The van der Waals surface area contributed by atoms with Gasteiger partial charge in [-0.15, -0.1) is 0 Å². The van der Waals surface area contributed by atoms with Gasteiger partial charge in [0, 0.05) is 6.04 Å². The topological polar surface area (TPSA) is 28.0 Å². The van der Waals surface area contributed by atoms with Crippen LogP contribution in [0.15, 0.2) is 9.98 Å². The highest BCUT2D eigenvalue weighted by Crippen LogP contribution is 2.49. The van der Waals surface area contributed by atoms with E-state index in [1.807, 2.05) is 0 Å². The molecule has 0 aromatic heterocycles. The lowest BCUT2D eigenvalue weighted by atomic mass is 9.93. The number of alkyl halides is 6. The summed E-state index contributed by atoms with van der Waals surface area (Å²) in [4.78, 5) is 7.35. The maximum absolute atomic E-state index is 13.1. The van der Waals surface area contributed by atoms with Crippen LogP contribution in [-0.2, 0) is 0 Å². The molecule has 2 aliphatic rings. The first kappa shape index (κ1) is 17.1. The summed E-state index contributed by atoms with van der Waals surface area (Å²) in [6, 6.07) is -0.138. The summed E-state index contributed by atoms with van der Waals surface area (Å²) >= 11 is 0. The van der Waals surface area contributed by atoms with Crippen LogP contribution in [0.4, 0.5) is 26.3 Å². The Balaban J connectivity index is 2.45. The average molecular weight is 329 g/mol. The van der Waals surface area contributed by atoms with Crippen molar-refractivity contribution in [2.24, 2.45) is 9.98 Å². The van der Waals surface area contributed by atoms with Crippen LogP contribution in [0.25, 0.3) is 0 Å². The second-order valence-corrected chi connectivity index (χ2v) is 5.65. The van der Waals surface area contributed by atoms with E-state index in [4.69, 9.17) is 0 Å². The van der Waals surface area contributed by atoms with Gasteiger partial charge in [-0.1, -0.05) is 19.3 Å². The Bertz CT molecular complexity index is 449. The number of hydrogen-bond acceptors (Lipinski definition) is 3. The van der Waals surface area contributed by atoms with Crippen LogP contribution in [0, 0.1) is 0 Å². The summed E-state index contributed by atoms with van der Waals surface area (Å²) in [6.07, 6.45) is -7.03. The Morgan fingerprint density at radius 1 is 0.864 bits per heavy atom. The van der Waals surface area contributed by atoms with Gasteiger partial charge in [-0.2, -0.15) is 26.3 Å². The molecule has 1 fully saturated rings. The van der Waals surface area contributed by atoms with Gasteiger partial charge in [0.15, 0.2) is 0 Å². The summed E-state index contributed by atoms with van der Waals surface area (Å²) in [7, 11) is 0. The molecule has 0 aromatic rings. The fourth-order valence-electron chi connectivity index (χ4n) is 3.12. The molecule has 1 aliphatic heterocycles. The van der Waals surface area contributed by atoms with Crippen molar-refractivity contribution in [3.63, 3.8) is 0 Å². The molecule has 0 bridgehead atoms. The minimum Gasteiger partial charge on any atom is -0.316 e. The number of aliphatic imine (C=N–C) groups is 2. The second kappa shape index (κ2) is 5.42. The van der Waals surface area contributed by atoms with Crippen molar-refractivity contribution < 1.29 is 26.3 Å². The first-order valence-electron chi connectivity index (χ1n) is 7.05. The van der Waals surface area contributed by atoms with Crippen LogP contribution < -0.4 is 0 Å². The summed E-state index contributed by atoms with van der Waals surface area (Å²) in [5, 5.41) is 0. The smallest absolute Gasteiger partial charge is 0.316 e. The van der Waals surface area contributed by atoms with Crippen molar-refractivity contribution >= 4 is 11.7 Å². The molecule has 0 amide bonds. The van der Waals surface area contributed by atoms with Gasteiger partial charge in [-0.3, -0.25) is 0 Å². The largest absolute Gasteiger partial charge is 0.443 e. The van der Waals surface area contributed by atoms with Gasteiger partial charge in [0.25, 0.3) is 0 Å². The number of hydrogen-bond donors (Lipinski definition) is 0. The molecule has 0 radical (unpaired) electrons. The molecule has 0 aromatic carbocycles. The van der Waals surface area contributed by atoms with E-state index >= 15 is 0 Å². The van der Waals surface area contributed by atoms with Crippen LogP contribution in [0.1, 0.15) is 46.0 Å². The van der Waals surface area contributed by atoms with Gasteiger partial charge >= 0.3 is 18.0 Å². The molecule has 126 valence electrons. The zero-order valence-electron chi connectivity index (χ0n) is 12.2. The molecular formula is C13H17F6N3. The van der Waals surface area contributed by atoms with E-state index in [-0.39, 0.29) is 17.7 Å². The first-order chi connectivity index (χ1) is 9.99. The van der Waals surface area contributed by atoms with Crippen LogP contribution >= 0.6 is 0 Å². The molecule has 9 heteroatoms. The third kappa shape index (κ3) is 2.69. The van der Waals surface area contributed by atoms with Crippen molar-refractivity contribution in [1.82, 2.24) is 4.90 Å². The summed E-state index contributed by atoms with van der Waals surface area (Å²) in [5.41, 5.74) is -4.39. The molecule has 2 rings (SSSR count). The number of amidine groups is 2. The van der Waals surface area contributed by atoms with E-state index in [0.717, 1.165) is 19.3 Å². The molecular weight excluding hydrogens is 312 g/mol. The highest BCUT2D eigenvalue weighted by atomic mass is 19.4. The SMILES string of the molecule is CC1=NC(C(F)(F)F)(C(F)(F)F)N=C(C)N1C1CCCCC1. The minimum atomic E-state index is -5.63. The normalized spacial score (nSPS) is 24.1. The number of nitrogens with zero attached hydrogens (tertiary/aromatic N) is 3. The zero-order valence-corrected chi connectivity index (χ0v) is 12.2. The summed E-state index contributed by atoms with van der Waals surface area (Å²) in [5.74, 6) is -0.567. The Hall–Kier alpha value is -1.28. The van der Waals surface area contributed by atoms with Crippen LogP contribution in [-0.4, -0.2) is 40.6 Å². The molecule has 1 saturated carbocycles. The van der Waals surface area contributed by atoms with Gasteiger partial charge in [-0.25, -0.2) is 9.98 Å². The number of rotatable bonds is 1. The lowest BCUT2D eigenvalue weighted by molar-refractivity contribution is -0.293. The van der Waals surface area contributed by atoms with E-state index in [1.54, 1.807) is 0 Å². The van der Waals surface area contributed by atoms with Gasteiger partial charge < -0.3 is 4.90 Å².